The average Bonchev–Trinajstić information content (AvgIpc) is 2.22. The maximum atomic E-state index is 13.0. The second kappa shape index (κ2) is 3.73. The fourth-order valence-corrected chi connectivity index (χ4v) is 1.46. The third kappa shape index (κ3) is 1.99. The molecule has 1 N–H and O–H groups in total. The van der Waals surface area contributed by atoms with Gasteiger partial charge in [0.2, 0.25) is 0 Å². The number of hydrogen-bond donors (Lipinski definition) is 1. The van der Waals surface area contributed by atoms with Crippen molar-refractivity contribution < 1.29 is 9.50 Å². The van der Waals surface area contributed by atoms with Gasteiger partial charge in [0, 0.05) is 0 Å². The molecule has 0 unspecified atom stereocenters. The van der Waals surface area contributed by atoms with Crippen LogP contribution in [0.1, 0.15) is 5.56 Å². The van der Waals surface area contributed by atoms with E-state index in [-0.39, 0.29) is 11.6 Å². The van der Waals surface area contributed by atoms with E-state index in [0.717, 1.165) is 16.7 Å². The molecule has 1 nitrogen and oxygen atoms in total. The van der Waals surface area contributed by atoms with Crippen molar-refractivity contribution in [3.05, 3.63) is 53.8 Å². The molecule has 76 valence electrons. The van der Waals surface area contributed by atoms with Crippen LogP contribution in [0.4, 0.5) is 4.39 Å². The Kier molecular flexibility index (Phi) is 2.42. The van der Waals surface area contributed by atoms with Crippen molar-refractivity contribution in [2.75, 3.05) is 0 Å². The zero-order chi connectivity index (χ0) is 10.8. The van der Waals surface area contributed by atoms with E-state index >= 15 is 0 Å². The molecule has 0 spiro atoms. The molecule has 2 aromatic carbocycles. The minimum absolute atomic E-state index is 0.233. The summed E-state index contributed by atoms with van der Waals surface area (Å²) in [4.78, 5) is 0. The van der Waals surface area contributed by atoms with Crippen LogP contribution in [-0.2, 0) is 0 Å². The van der Waals surface area contributed by atoms with E-state index in [2.05, 4.69) is 0 Å². The molecule has 0 aliphatic heterocycles. The summed E-state index contributed by atoms with van der Waals surface area (Å²) >= 11 is 0. The van der Waals surface area contributed by atoms with Crippen LogP contribution in [0.25, 0.3) is 11.1 Å². The van der Waals surface area contributed by atoms with Crippen LogP contribution < -0.4 is 0 Å². The van der Waals surface area contributed by atoms with E-state index in [1.807, 2.05) is 25.1 Å². The van der Waals surface area contributed by atoms with Crippen LogP contribution in [-0.4, -0.2) is 5.11 Å². The van der Waals surface area contributed by atoms with Gasteiger partial charge in [-0.15, -0.1) is 0 Å². The van der Waals surface area contributed by atoms with E-state index in [0.29, 0.717) is 0 Å². The Hall–Kier alpha value is -1.83. The number of aromatic hydroxyl groups is 1. The minimum Gasteiger partial charge on any atom is -0.508 e. The van der Waals surface area contributed by atoms with E-state index in [1.165, 1.54) is 12.1 Å². The van der Waals surface area contributed by atoms with Gasteiger partial charge in [-0.3, -0.25) is 0 Å². The van der Waals surface area contributed by atoms with Crippen LogP contribution >= 0.6 is 0 Å². The third-order valence-corrected chi connectivity index (χ3v) is 2.37. The molecule has 0 atom stereocenters. The van der Waals surface area contributed by atoms with Gasteiger partial charge in [0.1, 0.15) is 11.6 Å². The Morgan fingerprint density at radius 1 is 1.00 bits per heavy atom. The molecule has 15 heavy (non-hydrogen) atoms. The van der Waals surface area contributed by atoms with E-state index in [9.17, 15) is 9.50 Å². The van der Waals surface area contributed by atoms with Gasteiger partial charge < -0.3 is 5.11 Å². The molecule has 0 heterocycles. The molecular formula is C13H11FO. The van der Waals surface area contributed by atoms with Crippen LogP contribution in [0, 0.1) is 12.7 Å². The first-order valence-electron chi connectivity index (χ1n) is 4.72. The summed E-state index contributed by atoms with van der Waals surface area (Å²) in [5.74, 6) is -0.0377. The van der Waals surface area contributed by atoms with E-state index in [4.69, 9.17) is 0 Å². The molecule has 0 saturated carbocycles. The van der Waals surface area contributed by atoms with Gasteiger partial charge in [0.25, 0.3) is 0 Å². The van der Waals surface area contributed by atoms with Gasteiger partial charge in [0.15, 0.2) is 0 Å². The second-order valence-electron chi connectivity index (χ2n) is 3.51. The number of phenols is 1. The van der Waals surface area contributed by atoms with Crippen molar-refractivity contribution in [3.63, 3.8) is 0 Å². The van der Waals surface area contributed by atoms with Gasteiger partial charge in [-0.2, -0.15) is 0 Å². The largest absolute Gasteiger partial charge is 0.508 e. The molecule has 2 heteroatoms. The standard InChI is InChI=1S/C13H11FO/c1-9-5-6-11(8-13(9)15)10-3-2-4-12(14)7-10/h2-8,15H,1H3. The molecule has 2 rings (SSSR count). The Bertz CT molecular complexity index is 492. The zero-order valence-corrected chi connectivity index (χ0v) is 8.37. The molecule has 0 aromatic heterocycles. The predicted molar refractivity (Wildman–Crippen MR) is 58.2 cm³/mol. The van der Waals surface area contributed by atoms with Crippen molar-refractivity contribution in [1.29, 1.82) is 0 Å². The van der Waals surface area contributed by atoms with Gasteiger partial charge >= 0.3 is 0 Å². The summed E-state index contributed by atoms with van der Waals surface area (Å²) in [7, 11) is 0. The number of hydrogen-bond acceptors (Lipinski definition) is 1. The Morgan fingerprint density at radius 3 is 2.40 bits per heavy atom. The Labute approximate surface area is 87.8 Å². The molecule has 0 saturated heterocycles. The number of phenolic OH excluding ortho intramolecular Hbond substituents is 1. The number of aryl methyl sites for hydroxylation is 1. The lowest BCUT2D eigenvalue weighted by molar-refractivity contribution is 0.471. The Balaban J connectivity index is 2.50. The summed E-state index contributed by atoms with van der Waals surface area (Å²) in [6, 6.07) is 11.6. The third-order valence-electron chi connectivity index (χ3n) is 2.37. The first-order valence-corrected chi connectivity index (χ1v) is 4.72. The first kappa shape index (κ1) is 9.71. The molecule has 0 aliphatic carbocycles. The molecule has 0 radical (unpaired) electrons. The monoisotopic (exact) mass is 202 g/mol. The molecule has 0 aliphatic rings. The second-order valence-corrected chi connectivity index (χ2v) is 3.51. The summed E-state index contributed by atoms with van der Waals surface area (Å²) in [6.45, 7) is 1.82. The topological polar surface area (TPSA) is 20.2 Å². The van der Waals surface area contributed by atoms with Crippen LogP contribution in [0.15, 0.2) is 42.5 Å². The smallest absolute Gasteiger partial charge is 0.123 e. The fourth-order valence-electron chi connectivity index (χ4n) is 1.46. The van der Waals surface area contributed by atoms with Crippen LogP contribution in [0.5, 0.6) is 5.75 Å². The van der Waals surface area contributed by atoms with Gasteiger partial charge in [0.05, 0.1) is 0 Å². The first-order chi connectivity index (χ1) is 7.16. The van der Waals surface area contributed by atoms with Crippen molar-refractivity contribution in [3.8, 4) is 16.9 Å². The highest BCUT2D eigenvalue weighted by molar-refractivity contribution is 5.65. The van der Waals surface area contributed by atoms with Crippen molar-refractivity contribution in [2.24, 2.45) is 0 Å². The minimum atomic E-state index is -0.271. The summed E-state index contributed by atoms with van der Waals surface area (Å²) in [6.07, 6.45) is 0. The number of benzene rings is 2. The molecule has 0 fully saturated rings. The maximum absolute atomic E-state index is 13.0. The molecule has 0 bridgehead atoms. The van der Waals surface area contributed by atoms with Gasteiger partial charge in [-0.25, -0.2) is 4.39 Å². The average molecular weight is 202 g/mol. The summed E-state index contributed by atoms with van der Waals surface area (Å²) in [5, 5.41) is 9.54. The highest BCUT2D eigenvalue weighted by Crippen LogP contribution is 2.26. The molecular weight excluding hydrogens is 191 g/mol. The number of halogens is 1. The Morgan fingerprint density at radius 2 is 1.73 bits per heavy atom. The van der Waals surface area contributed by atoms with Crippen molar-refractivity contribution in [2.45, 2.75) is 6.92 Å². The lowest BCUT2D eigenvalue weighted by atomic mass is 10.0. The lowest BCUT2D eigenvalue weighted by Gasteiger charge is -2.04. The van der Waals surface area contributed by atoms with Gasteiger partial charge in [-0.05, 0) is 41.8 Å². The zero-order valence-electron chi connectivity index (χ0n) is 8.37. The van der Waals surface area contributed by atoms with Crippen molar-refractivity contribution >= 4 is 0 Å². The maximum Gasteiger partial charge on any atom is 0.123 e. The summed E-state index contributed by atoms with van der Waals surface area (Å²) in [5.41, 5.74) is 2.40. The molecule has 0 amide bonds. The predicted octanol–water partition coefficient (Wildman–Crippen LogP) is 3.51. The highest BCUT2D eigenvalue weighted by atomic mass is 19.1. The van der Waals surface area contributed by atoms with E-state index < -0.39 is 0 Å². The van der Waals surface area contributed by atoms with Crippen LogP contribution in [0.3, 0.4) is 0 Å². The molecule has 2 aromatic rings. The van der Waals surface area contributed by atoms with Crippen LogP contribution in [0.2, 0.25) is 0 Å². The van der Waals surface area contributed by atoms with E-state index in [1.54, 1.807) is 12.1 Å². The van der Waals surface area contributed by atoms with Gasteiger partial charge in [-0.1, -0.05) is 24.3 Å². The summed E-state index contributed by atoms with van der Waals surface area (Å²) < 4.78 is 13.0. The number of rotatable bonds is 1. The normalized spacial score (nSPS) is 10.3. The fraction of sp³-hybridized carbons (Fsp3) is 0.0769. The SMILES string of the molecule is Cc1ccc(-c2cccc(F)c2)cc1O. The lowest BCUT2D eigenvalue weighted by Crippen LogP contribution is -1.81. The highest BCUT2D eigenvalue weighted by Gasteiger charge is 2.01. The van der Waals surface area contributed by atoms with Crippen molar-refractivity contribution in [1.82, 2.24) is 0 Å². The quantitative estimate of drug-likeness (QED) is 0.750.